The Morgan fingerprint density at radius 1 is 0.889 bits per heavy atom. The summed E-state index contributed by atoms with van der Waals surface area (Å²) < 4.78 is 39.2. The van der Waals surface area contributed by atoms with Gasteiger partial charge >= 0.3 is 0 Å². The maximum absolute atomic E-state index is 13.5. The number of rotatable bonds is 2. The molecule has 0 amide bonds. The minimum absolute atomic E-state index is 0.127. The van der Waals surface area contributed by atoms with Crippen molar-refractivity contribution in [3.05, 3.63) is 65.0 Å². The number of nitrogen functional groups attached to an aromatic ring is 1. The minimum Gasteiger partial charge on any atom is -0.399 e. The number of ketones is 1. The first-order valence-corrected chi connectivity index (χ1v) is 5.04. The van der Waals surface area contributed by atoms with E-state index < -0.39 is 23.2 Å². The fourth-order valence-corrected chi connectivity index (χ4v) is 1.51. The summed E-state index contributed by atoms with van der Waals surface area (Å²) in [5.41, 5.74) is 5.16. The zero-order valence-electron chi connectivity index (χ0n) is 9.08. The van der Waals surface area contributed by atoms with Gasteiger partial charge in [-0.1, -0.05) is 0 Å². The van der Waals surface area contributed by atoms with Gasteiger partial charge in [-0.05, 0) is 36.4 Å². The first kappa shape index (κ1) is 12.2. The molecule has 0 aliphatic rings. The highest BCUT2D eigenvalue weighted by atomic mass is 19.2. The molecule has 2 rings (SSSR count). The molecule has 0 saturated carbocycles. The fourth-order valence-electron chi connectivity index (χ4n) is 1.51. The smallest absolute Gasteiger partial charge is 0.196 e. The molecule has 0 heterocycles. The van der Waals surface area contributed by atoms with Gasteiger partial charge in [0.15, 0.2) is 17.4 Å². The van der Waals surface area contributed by atoms with Crippen LogP contribution in [0.4, 0.5) is 18.9 Å². The molecule has 0 aromatic heterocycles. The third-order valence-corrected chi connectivity index (χ3v) is 2.42. The normalized spacial score (nSPS) is 10.4. The standard InChI is InChI=1S/C13H8F3NO/c14-10-4-1-7(5-12(10)16)13(18)9-3-2-8(17)6-11(9)15/h1-6H,17H2. The lowest BCUT2D eigenvalue weighted by Gasteiger charge is -2.04. The molecule has 0 atom stereocenters. The molecule has 0 unspecified atom stereocenters. The number of hydrogen-bond donors (Lipinski definition) is 1. The van der Waals surface area contributed by atoms with Crippen LogP contribution in [0.5, 0.6) is 0 Å². The van der Waals surface area contributed by atoms with E-state index >= 15 is 0 Å². The van der Waals surface area contributed by atoms with Crippen molar-refractivity contribution >= 4 is 11.5 Å². The summed E-state index contributed by atoms with van der Waals surface area (Å²) in [7, 11) is 0. The van der Waals surface area contributed by atoms with Crippen molar-refractivity contribution in [1.29, 1.82) is 0 Å². The van der Waals surface area contributed by atoms with Gasteiger partial charge in [0.2, 0.25) is 0 Å². The van der Waals surface area contributed by atoms with Crippen LogP contribution < -0.4 is 5.73 Å². The van der Waals surface area contributed by atoms with E-state index in [1.54, 1.807) is 0 Å². The zero-order valence-corrected chi connectivity index (χ0v) is 9.08. The number of halogens is 3. The van der Waals surface area contributed by atoms with Gasteiger partial charge in [-0.15, -0.1) is 0 Å². The Bertz CT molecular complexity index is 626. The van der Waals surface area contributed by atoms with Gasteiger partial charge in [-0.25, -0.2) is 13.2 Å². The molecule has 0 spiro atoms. The van der Waals surface area contributed by atoms with Crippen LogP contribution in [0.2, 0.25) is 0 Å². The van der Waals surface area contributed by atoms with Gasteiger partial charge in [0.1, 0.15) is 5.82 Å². The topological polar surface area (TPSA) is 43.1 Å². The average molecular weight is 251 g/mol. The number of anilines is 1. The van der Waals surface area contributed by atoms with Gasteiger partial charge in [0.05, 0.1) is 5.56 Å². The van der Waals surface area contributed by atoms with Crippen molar-refractivity contribution in [2.75, 3.05) is 5.73 Å². The van der Waals surface area contributed by atoms with Gasteiger partial charge < -0.3 is 5.73 Å². The van der Waals surface area contributed by atoms with Crippen LogP contribution in [0.15, 0.2) is 36.4 Å². The molecule has 0 aliphatic carbocycles. The molecule has 2 nitrogen and oxygen atoms in total. The second kappa shape index (κ2) is 4.52. The number of benzene rings is 2. The van der Waals surface area contributed by atoms with Gasteiger partial charge in [0.25, 0.3) is 0 Å². The lowest BCUT2D eigenvalue weighted by Crippen LogP contribution is -2.05. The van der Waals surface area contributed by atoms with E-state index in [4.69, 9.17) is 5.73 Å². The predicted octanol–water partition coefficient (Wildman–Crippen LogP) is 2.92. The van der Waals surface area contributed by atoms with Crippen LogP contribution in [0.1, 0.15) is 15.9 Å². The molecule has 2 aromatic rings. The van der Waals surface area contributed by atoms with Crippen LogP contribution >= 0.6 is 0 Å². The molecule has 0 radical (unpaired) electrons. The van der Waals surface area contributed by atoms with E-state index in [2.05, 4.69) is 0 Å². The number of hydrogen-bond acceptors (Lipinski definition) is 2. The second-order valence-corrected chi connectivity index (χ2v) is 3.70. The molecule has 0 aliphatic heterocycles. The Balaban J connectivity index is 2.44. The lowest BCUT2D eigenvalue weighted by molar-refractivity contribution is 0.103. The highest BCUT2D eigenvalue weighted by Gasteiger charge is 2.15. The van der Waals surface area contributed by atoms with Crippen molar-refractivity contribution in [3.8, 4) is 0 Å². The van der Waals surface area contributed by atoms with Gasteiger partial charge in [-0.2, -0.15) is 0 Å². The van der Waals surface area contributed by atoms with E-state index in [-0.39, 0.29) is 16.8 Å². The molecule has 5 heteroatoms. The first-order valence-electron chi connectivity index (χ1n) is 5.04. The van der Waals surface area contributed by atoms with Crippen LogP contribution in [0, 0.1) is 17.5 Å². The van der Waals surface area contributed by atoms with Crippen LogP contribution in [0.25, 0.3) is 0 Å². The average Bonchev–Trinajstić information content (AvgIpc) is 2.32. The van der Waals surface area contributed by atoms with Gasteiger partial charge in [0, 0.05) is 11.3 Å². The monoisotopic (exact) mass is 251 g/mol. The van der Waals surface area contributed by atoms with E-state index in [1.807, 2.05) is 0 Å². The third kappa shape index (κ3) is 2.20. The Labute approximate surface area is 101 Å². The molecular weight excluding hydrogens is 243 g/mol. The summed E-state index contributed by atoms with van der Waals surface area (Å²) in [6.45, 7) is 0. The predicted molar refractivity (Wildman–Crippen MR) is 60.6 cm³/mol. The Morgan fingerprint density at radius 3 is 2.22 bits per heavy atom. The summed E-state index contributed by atoms with van der Waals surface area (Å²) in [5.74, 6) is -3.75. The quantitative estimate of drug-likeness (QED) is 0.658. The summed E-state index contributed by atoms with van der Waals surface area (Å²) in [6.07, 6.45) is 0. The van der Waals surface area contributed by atoms with E-state index in [0.717, 1.165) is 24.3 Å². The summed E-state index contributed by atoms with van der Waals surface area (Å²) in [5, 5.41) is 0. The zero-order chi connectivity index (χ0) is 13.3. The van der Waals surface area contributed by atoms with Crippen LogP contribution in [-0.4, -0.2) is 5.78 Å². The minimum atomic E-state index is -1.16. The summed E-state index contributed by atoms with van der Waals surface area (Å²) in [4.78, 5) is 11.9. The Hall–Kier alpha value is -2.30. The third-order valence-electron chi connectivity index (χ3n) is 2.42. The molecule has 2 N–H and O–H groups in total. The first-order chi connectivity index (χ1) is 8.49. The lowest BCUT2D eigenvalue weighted by atomic mass is 10.0. The molecule has 92 valence electrons. The van der Waals surface area contributed by atoms with E-state index in [1.165, 1.54) is 12.1 Å². The fraction of sp³-hybridized carbons (Fsp3) is 0. The second-order valence-electron chi connectivity index (χ2n) is 3.70. The SMILES string of the molecule is Nc1ccc(C(=O)c2ccc(F)c(F)c2)c(F)c1. The van der Waals surface area contributed by atoms with Crippen LogP contribution in [-0.2, 0) is 0 Å². The Morgan fingerprint density at radius 2 is 1.61 bits per heavy atom. The largest absolute Gasteiger partial charge is 0.399 e. The molecule has 0 bridgehead atoms. The maximum Gasteiger partial charge on any atom is 0.196 e. The van der Waals surface area contributed by atoms with Crippen LogP contribution in [0.3, 0.4) is 0 Å². The van der Waals surface area contributed by atoms with Gasteiger partial charge in [-0.3, -0.25) is 4.79 Å². The molecule has 2 aromatic carbocycles. The van der Waals surface area contributed by atoms with E-state index in [0.29, 0.717) is 0 Å². The summed E-state index contributed by atoms with van der Waals surface area (Å²) in [6, 6.07) is 6.19. The van der Waals surface area contributed by atoms with Crippen molar-refractivity contribution in [1.82, 2.24) is 0 Å². The number of carbonyl (C=O) groups excluding carboxylic acids is 1. The highest BCUT2D eigenvalue weighted by molar-refractivity contribution is 6.09. The van der Waals surface area contributed by atoms with Crippen molar-refractivity contribution in [2.24, 2.45) is 0 Å². The highest BCUT2D eigenvalue weighted by Crippen LogP contribution is 2.17. The molecule has 0 saturated heterocycles. The van der Waals surface area contributed by atoms with Crippen molar-refractivity contribution in [2.45, 2.75) is 0 Å². The Kier molecular flexibility index (Phi) is 3.06. The van der Waals surface area contributed by atoms with Crippen molar-refractivity contribution in [3.63, 3.8) is 0 Å². The summed E-state index contributed by atoms with van der Waals surface area (Å²) >= 11 is 0. The molecule has 0 fully saturated rings. The van der Waals surface area contributed by atoms with E-state index in [9.17, 15) is 18.0 Å². The maximum atomic E-state index is 13.5. The van der Waals surface area contributed by atoms with Crippen molar-refractivity contribution < 1.29 is 18.0 Å². The molecule has 18 heavy (non-hydrogen) atoms. The molecular formula is C13H8F3NO. The number of carbonyl (C=O) groups is 1. The number of nitrogens with two attached hydrogens (primary N) is 1.